The summed E-state index contributed by atoms with van der Waals surface area (Å²) in [6.07, 6.45) is 6.44. The third-order valence-electron chi connectivity index (χ3n) is 3.59. The lowest BCUT2D eigenvalue weighted by Crippen LogP contribution is -2.32. The Balaban J connectivity index is 1.66. The summed E-state index contributed by atoms with van der Waals surface area (Å²) in [5.74, 6) is 0.494. The van der Waals surface area contributed by atoms with E-state index >= 15 is 0 Å². The van der Waals surface area contributed by atoms with Gasteiger partial charge in [0, 0.05) is 37.3 Å². The Hall–Kier alpha value is -1.42. The average molecular weight is 247 g/mol. The maximum absolute atomic E-state index is 11.7. The topological polar surface area (TPSA) is 68.0 Å². The normalized spacial score (nSPS) is 22.9. The zero-order chi connectivity index (χ0) is 12.8. The van der Waals surface area contributed by atoms with Crippen molar-refractivity contribution in [1.29, 1.82) is 0 Å². The predicted molar refractivity (Wildman–Crippen MR) is 70.9 cm³/mol. The average Bonchev–Trinajstić information content (AvgIpc) is 2.76. The number of hydrogen-bond donors (Lipinski definition) is 2. The van der Waals surface area contributed by atoms with E-state index in [9.17, 15) is 4.79 Å². The summed E-state index contributed by atoms with van der Waals surface area (Å²) < 4.78 is 0. The van der Waals surface area contributed by atoms with E-state index in [4.69, 9.17) is 5.73 Å². The Morgan fingerprint density at radius 3 is 3.00 bits per heavy atom. The number of rotatable bonds is 5. The van der Waals surface area contributed by atoms with Crippen LogP contribution >= 0.6 is 0 Å². The molecule has 2 atom stereocenters. The van der Waals surface area contributed by atoms with Gasteiger partial charge in [-0.05, 0) is 30.9 Å². The molecular weight excluding hydrogens is 226 g/mol. The van der Waals surface area contributed by atoms with Gasteiger partial charge in [-0.15, -0.1) is 0 Å². The zero-order valence-electron chi connectivity index (χ0n) is 10.6. The van der Waals surface area contributed by atoms with E-state index in [-0.39, 0.29) is 11.9 Å². The van der Waals surface area contributed by atoms with Gasteiger partial charge >= 0.3 is 0 Å². The second-order valence-electron chi connectivity index (χ2n) is 4.98. The molecule has 0 spiro atoms. The molecule has 0 saturated heterocycles. The molecular formula is C14H21N3O. The zero-order valence-corrected chi connectivity index (χ0v) is 10.6. The molecule has 1 amide bonds. The first-order chi connectivity index (χ1) is 8.75. The first-order valence-electron chi connectivity index (χ1n) is 6.68. The minimum atomic E-state index is 0.119. The SMILES string of the molecule is N[C@@H]1CCC[C@H]1CC(=O)NCCc1ccccn1. The number of nitrogens with two attached hydrogens (primary N) is 1. The van der Waals surface area contributed by atoms with E-state index in [1.165, 1.54) is 0 Å². The monoisotopic (exact) mass is 247 g/mol. The van der Waals surface area contributed by atoms with Crippen LogP contribution < -0.4 is 11.1 Å². The van der Waals surface area contributed by atoms with Crippen molar-refractivity contribution in [2.24, 2.45) is 11.7 Å². The molecule has 0 aliphatic heterocycles. The third kappa shape index (κ3) is 3.81. The fourth-order valence-corrected chi connectivity index (χ4v) is 2.51. The first-order valence-corrected chi connectivity index (χ1v) is 6.68. The number of aromatic nitrogens is 1. The van der Waals surface area contributed by atoms with Crippen LogP contribution in [-0.2, 0) is 11.2 Å². The van der Waals surface area contributed by atoms with Gasteiger partial charge in [0.2, 0.25) is 5.91 Å². The summed E-state index contributed by atoms with van der Waals surface area (Å²) in [4.78, 5) is 16.0. The van der Waals surface area contributed by atoms with Gasteiger partial charge in [-0.1, -0.05) is 12.5 Å². The molecule has 0 aromatic carbocycles. The Labute approximate surface area is 108 Å². The highest BCUT2D eigenvalue weighted by molar-refractivity contribution is 5.76. The number of nitrogens with one attached hydrogen (secondary N) is 1. The van der Waals surface area contributed by atoms with Gasteiger partial charge in [0.15, 0.2) is 0 Å². The van der Waals surface area contributed by atoms with Crippen LogP contribution in [0.2, 0.25) is 0 Å². The largest absolute Gasteiger partial charge is 0.356 e. The molecule has 0 bridgehead atoms. The van der Waals surface area contributed by atoms with Gasteiger partial charge in [-0.25, -0.2) is 0 Å². The van der Waals surface area contributed by atoms with Gasteiger partial charge in [0.1, 0.15) is 0 Å². The quantitative estimate of drug-likeness (QED) is 0.823. The minimum Gasteiger partial charge on any atom is -0.356 e. The number of carbonyl (C=O) groups excluding carboxylic acids is 1. The van der Waals surface area contributed by atoms with Crippen molar-refractivity contribution in [1.82, 2.24) is 10.3 Å². The maximum Gasteiger partial charge on any atom is 0.220 e. The molecule has 3 N–H and O–H groups in total. The molecule has 1 aliphatic rings. The van der Waals surface area contributed by atoms with Crippen LogP contribution in [-0.4, -0.2) is 23.5 Å². The van der Waals surface area contributed by atoms with E-state index in [2.05, 4.69) is 10.3 Å². The fraction of sp³-hybridized carbons (Fsp3) is 0.571. The lowest BCUT2D eigenvalue weighted by Gasteiger charge is -2.14. The highest BCUT2D eigenvalue weighted by Gasteiger charge is 2.25. The smallest absolute Gasteiger partial charge is 0.220 e. The van der Waals surface area contributed by atoms with Crippen molar-refractivity contribution in [2.45, 2.75) is 38.1 Å². The molecule has 1 saturated carbocycles. The van der Waals surface area contributed by atoms with Crippen LogP contribution in [0.5, 0.6) is 0 Å². The predicted octanol–water partition coefficient (Wildman–Crippen LogP) is 1.26. The van der Waals surface area contributed by atoms with E-state index in [1.54, 1.807) is 6.20 Å². The fourth-order valence-electron chi connectivity index (χ4n) is 2.51. The molecule has 1 aliphatic carbocycles. The molecule has 1 aromatic heterocycles. The van der Waals surface area contributed by atoms with Crippen LogP contribution in [0.3, 0.4) is 0 Å². The molecule has 2 rings (SSSR count). The summed E-state index contributed by atoms with van der Waals surface area (Å²) in [7, 11) is 0. The lowest BCUT2D eigenvalue weighted by molar-refractivity contribution is -0.122. The lowest BCUT2D eigenvalue weighted by atomic mass is 10.00. The first kappa shape index (κ1) is 13.0. The van der Waals surface area contributed by atoms with Gasteiger partial charge < -0.3 is 11.1 Å². The van der Waals surface area contributed by atoms with Crippen molar-refractivity contribution in [3.8, 4) is 0 Å². The molecule has 1 heterocycles. The Bertz CT molecular complexity index is 380. The van der Waals surface area contributed by atoms with Gasteiger partial charge in [0.25, 0.3) is 0 Å². The van der Waals surface area contributed by atoms with Crippen molar-refractivity contribution < 1.29 is 4.79 Å². The second-order valence-corrected chi connectivity index (χ2v) is 4.98. The summed E-state index contributed by atoms with van der Waals surface area (Å²) >= 11 is 0. The van der Waals surface area contributed by atoms with E-state index < -0.39 is 0 Å². The molecule has 4 nitrogen and oxygen atoms in total. The summed E-state index contributed by atoms with van der Waals surface area (Å²) in [6.45, 7) is 0.651. The van der Waals surface area contributed by atoms with E-state index in [0.29, 0.717) is 18.9 Å². The standard InChI is InChI=1S/C14H21N3O/c15-13-6-3-4-11(13)10-14(18)17-9-7-12-5-1-2-8-16-12/h1-2,5,8,11,13H,3-4,6-7,9-10,15H2,(H,17,18)/t11-,13+/m0/s1. The van der Waals surface area contributed by atoms with Crippen molar-refractivity contribution in [2.75, 3.05) is 6.54 Å². The molecule has 1 fully saturated rings. The van der Waals surface area contributed by atoms with Crippen LogP contribution in [0.15, 0.2) is 24.4 Å². The minimum absolute atomic E-state index is 0.119. The number of nitrogens with zero attached hydrogens (tertiary/aromatic N) is 1. The maximum atomic E-state index is 11.7. The Kier molecular flexibility index (Phi) is 4.70. The van der Waals surface area contributed by atoms with Crippen molar-refractivity contribution in [3.63, 3.8) is 0 Å². The van der Waals surface area contributed by atoms with Crippen LogP contribution in [0.4, 0.5) is 0 Å². The number of carbonyl (C=O) groups is 1. The molecule has 0 unspecified atom stereocenters. The van der Waals surface area contributed by atoms with Crippen LogP contribution in [0.25, 0.3) is 0 Å². The number of hydrogen-bond acceptors (Lipinski definition) is 3. The Morgan fingerprint density at radius 2 is 2.33 bits per heavy atom. The van der Waals surface area contributed by atoms with Gasteiger partial charge in [0.05, 0.1) is 0 Å². The highest BCUT2D eigenvalue weighted by Crippen LogP contribution is 2.26. The van der Waals surface area contributed by atoms with Crippen molar-refractivity contribution >= 4 is 5.91 Å². The Morgan fingerprint density at radius 1 is 1.44 bits per heavy atom. The van der Waals surface area contributed by atoms with Crippen LogP contribution in [0.1, 0.15) is 31.4 Å². The highest BCUT2D eigenvalue weighted by atomic mass is 16.1. The van der Waals surface area contributed by atoms with E-state index in [1.807, 2.05) is 18.2 Å². The van der Waals surface area contributed by atoms with Crippen molar-refractivity contribution in [3.05, 3.63) is 30.1 Å². The van der Waals surface area contributed by atoms with Gasteiger partial charge in [-0.3, -0.25) is 9.78 Å². The number of pyridine rings is 1. The molecule has 0 radical (unpaired) electrons. The molecule has 1 aromatic rings. The molecule has 4 heteroatoms. The van der Waals surface area contributed by atoms with E-state index in [0.717, 1.165) is 31.4 Å². The summed E-state index contributed by atoms with van der Waals surface area (Å²) in [6, 6.07) is 6.04. The molecule has 18 heavy (non-hydrogen) atoms. The summed E-state index contributed by atoms with van der Waals surface area (Å²) in [5, 5.41) is 2.94. The summed E-state index contributed by atoms with van der Waals surface area (Å²) in [5.41, 5.74) is 6.97. The van der Waals surface area contributed by atoms with Gasteiger partial charge in [-0.2, -0.15) is 0 Å². The third-order valence-corrected chi connectivity index (χ3v) is 3.59. The number of amides is 1. The molecule has 98 valence electrons. The van der Waals surface area contributed by atoms with Crippen LogP contribution in [0, 0.1) is 5.92 Å². The second kappa shape index (κ2) is 6.50.